The van der Waals surface area contributed by atoms with E-state index in [1.807, 2.05) is 0 Å². The molecule has 0 aromatic heterocycles. The summed E-state index contributed by atoms with van der Waals surface area (Å²) in [5.74, 6) is -3.53. The summed E-state index contributed by atoms with van der Waals surface area (Å²) in [5.41, 5.74) is 0. The molecule has 26 heavy (non-hydrogen) atoms. The van der Waals surface area contributed by atoms with Crippen LogP contribution in [0.4, 0.5) is 0 Å². The van der Waals surface area contributed by atoms with Gasteiger partial charge in [-0.05, 0) is 6.42 Å². The first-order chi connectivity index (χ1) is 12.2. The number of aliphatic carboxylic acids is 1. The lowest BCUT2D eigenvalue weighted by Crippen LogP contribution is -2.38. The van der Waals surface area contributed by atoms with Crippen molar-refractivity contribution in [3.8, 4) is 0 Å². The van der Waals surface area contributed by atoms with E-state index in [2.05, 4.69) is 12.2 Å². The van der Waals surface area contributed by atoms with E-state index in [0.29, 0.717) is 0 Å². The fourth-order valence-corrected chi connectivity index (χ4v) is 2.82. The molecule has 0 aliphatic heterocycles. The van der Waals surface area contributed by atoms with Gasteiger partial charge in [-0.15, -0.1) is 0 Å². The van der Waals surface area contributed by atoms with Crippen LogP contribution in [0, 0.1) is 0 Å². The molecule has 1 amide bonds. The summed E-state index contributed by atoms with van der Waals surface area (Å²) in [5, 5.41) is 8.47. The first-order valence-corrected chi connectivity index (χ1v) is 10.3. The van der Waals surface area contributed by atoms with Crippen LogP contribution < -0.4 is 5.32 Å². The average molecular weight is 395 g/mol. The van der Waals surface area contributed by atoms with E-state index in [1.165, 1.54) is 25.7 Å². The van der Waals surface area contributed by atoms with E-state index in [9.17, 15) is 22.8 Å². The second-order valence-electron chi connectivity index (χ2n) is 6.02. The van der Waals surface area contributed by atoms with Gasteiger partial charge in [0.05, 0.1) is 13.0 Å². The summed E-state index contributed by atoms with van der Waals surface area (Å²) in [6, 6.07) is 0. The SMILES string of the molecule is CCCCCCCCCCOC(=O)CNC(=O)C[C@@H](C(=O)O)S(=O)(=O)O. The Morgan fingerprint density at radius 1 is 1.00 bits per heavy atom. The fourth-order valence-electron chi connectivity index (χ4n) is 2.20. The largest absolute Gasteiger partial charge is 0.480 e. The van der Waals surface area contributed by atoms with Gasteiger partial charge in [-0.1, -0.05) is 51.9 Å². The number of esters is 1. The van der Waals surface area contributed by atoms with Crippen molar-refractivity contribution < 1.29 is 37.2 Å². The van der Waals surface area contributed by atoms with Crippen molar-refractivity contribution in [2.45, 2.75) is 70.0 Å². The molecule has 1 atom stereocenters. The zero-order valence-electron chi connectivity index (χ0n) is 15.1. The smallest absolute Gasteiger partial charge is 0.325 e. The third-order valence-electron chi connectivity index (χ3n) is 3.70. The predicted octanol–water partition coefficient (Wildman–Crippen LogP) is 1.52. The highest BCUT2D eigenvalue weighted by Crippen LogP contribution is 2.08. The third kappa shape index (κ3) is 12.6. The lowest BCUT2D eigenvalue weighted by molar-refractivity contribution is -0.144. The molecule has 0 saturated heterocycles. The van der Waals surface area contributed by atoms with E-state index in [-0.39, 0.29) is 6.61 Å². The topological polar surface area (TPSA) is 147 Å². The van der Waals surface area contributed by atoms with Gasteiger partial charge in [0.1, 0.15) is 6.54 Å². The van der Waals surface area contributed by atoms with Crippen LogP contribution in [-0.4, -0.2) is 54.3 Å². The van der Waals surface area contributed by atoms with Crippen molar-refractivity contribution in [1.29, 1.82) is 0 Å². The van der Waals surface area contributed by atoms with Crippen LogP contribution in [0.25, 0.3) is 0 Å². The molecule has 0 bridgehead atoms. The van der Waals surface area contributed by atoms with E-state index in [0.717, 1.165) is 25.7 Å². The molecule has 0 aliphatic carbocycles. The number of rotatable bonds is 15. The molecule has 10 heteroatoms. The van der Waals surface area contributed by atoms with Gasteiger partial charge in [0.25, 0.3) is 10.1 Å². The van der Waals surface area contributed by atoms with Crippen LogP contribution in [-0.2, 0) is 29.2 Å². The molecule has 0 saturated carbocycles. The lowest BCUT2D eigenvalue weighted by atomic mass is 10.1. The predicted molar refractivity (Wildman–Crippen MR) is 94.2 cm³/mol. The Balaban J connectivity index is 3.82. The highest BCUT2D eigenvalue weighted by Gasteiger charge is 2.33. The van der Waals surface area contributed by atoms with Crippen molar-refractivity contribution in [2.75, 3.05) is 13.2 Å². The first kappa shape index (κ1) is 24.3. The molecule has 0 rings (SSSR count). The van der Waals surface area contributed by atoms with Crippen molar-refractivity contribution in [2.24, 2.45) is 0 Å². The van der Waals surface area contributed by atoms with Gasteiger partial charge in [-0.25, -0.2) is 0 Å². The molecule has 9 nitrogen and oxygen atoms in total. The summed E-state index contributed by atoms with van der Waals surface area (Å²) in [6.45, 7) is 1.90. The van der Waals surface area contributed by atoms with Crippen molar-refractivity contribution in [1.82, 2.24) is 5.32 Å². The van der Waals surface area contributed by atoms with Crippen LogP contribution in [0.1, 0.15) is 64.7 Å². The number of carbonyl (C=O) groups is 3. The Kier molecular flexibility index (Phi) is 12.6. The number of carbonyl (C=O) groups excluding carboxylic acids is 2. The average Bonchev–Trinajstić information content (AvgIpc) is 2.55. The number of hydrogen-bond donors (Lipinski definition) is 3. The van der Waals surface area contributed by atoms with E-state index < -0.39 is 46.2 Å². The third-order valence-corrected chi connectivity index (χ3v) is 4.78. The number of nitrogens with one attached hydrogen (secondary N) is 1. The summed E-state index contributed by atoms with van der Waals surface area (Å²) in [7, 11) is -4.91. The van der Waals surface area contributed by atoms with Crippen molar-refractivity contribution in [3.63, 3.8) is 0 Å². The second-order valence-corrected chi connectivity index (χ2v) is 7.62. The number of ether oxygens (including phenoxy) is 1. The van der Waals surface area contributed by atoms with Crippen LogP contribution in [0.5, 0.6) is 0 Å². The van der Waals surface area contributed by atoms with Gasteiger partial charge in [0.2, 0.25) is 5.91 Å². The molecule has 0 unspecified atom stereocenters. The zero-order valence-corrected chi connectivity index (χ0v) is 15.9. The van der Waals surface area contributed by atoms with E-state index in [4.69, 9.17) is 14.4 Å². The molecule has 152 valence electrons. The van der Waals surface area contributed by atoms with Gasteiger partial charge < -0.3 is 15.2 Å². The maximum atomic E-state index is 11.5. The Morgan fingerprint density at radius 2 is 1.54 bits per heavy atom. The zero-order chi connectivity index (χ0) is 20.0. The number of hydrogen-bond acceptors (Lipinski definition) is 6. The van der Waals surface area contributed by atoms with Gasteiger partial charge in [-0.3, -0.25) is 18.9 Å². The van der Waals surface area contributed by atoms with Gasteiger partial charge in [0.15, 0.2) is 5.25 Å². The normalized spacial score (nSPS) is 12.4. The molecule has 0 aromatic carbocycles. The summed E-state index contributed by atoms with van der Waals surface area (Å²) in [4.78, 5) is 33.6. The summed E-state index contributed by atoms with van der Waals surface area (Å²) in [6.07, 6.45) is 7.82. The molecular formula is C16H29NO8S. The Morgan fingerprint density at radius 3 is 2.04 bits per heavy atom. The number of amides is 1. The van der Waals surface area contributed by atoms with Crippen molar-refractivity contribution >= 4 is 28.0 Å². The van der Waals surface area contributed by atoms with Crippen LogP contribution in [0.15, 0.2) is 0 Å². The van der Waals surface area contributed by atoms with Gasteiger partial charge in [0, 0.05) is 0 Å². The maximum Gasteiger partial charge on any atom is 0.325 e. The fraction of sp³-hybridized carbons (Fsp3) is 0.812. The Hall–Kier alpha value is -1.68. The summed E-state index contributed by atoms with van der Waals surface area (Å²) >= 11 is 0. The maximum absolute atomic E-state index is 11.5. The van der Waals surface area contributed by atoms with Gasteiger partial charge >= 0.3 is 11.9 Å². The monoisotopic (exact) mass is 395 g/mol. The molecule has 0 heterocycles. The molecular weight excluding hydrogens is 366 g/mol. The molecule has 0 aliphatic rings. The highest BCUT2D eigenvalue weighted by molar-refractivity contribution is 7.87. The Labute approximate surface area is 154 Å². The van der Waals surface area contributed by atoms with Crippen LogP contribution >= 0.6 is 0 Å². The van der Waals surface area contributed by atoms with Crippen LogP contribution in [0.2, 0.25) is 0 Å². The standard InChI is InChI=1S/C16H29NO8S/c1-2-3-4-5-6-7-8-9-10-25-15(19)12-17-14(18)11-13(16(20)21)26(22,23)24/h13H,2-12H2,1H3,(H,17,18)(H,20,21)(H,22,23,24)/t13-/m0/s1. The lowest BCUT2D eigenvalue weighted by Gasteiger charge is -2.09. The van der Waals surface area contributed by atoms with Crippen LogP contribution in [0.3, 0.4) is 0 Å². The van der Waals surface area contributed by atoms with Crippen molar-refractivity contribution in [3.05, 3.63) is 0 Å². The molecule has 0 aromatic rings. The number of carboxylic acids is 1. The quantitative estimate of drug-likeness (QED) is 0.215. The minimum absolute atomic E-state index is 0.229. The molecule has 3 N–H and O–H groups in total. The summed E-state index contributed by atoms with van der Waals surface area (Å²) < 4.78 is 35.4. The molecule has 0 fully saturated rings. The minimum atomic E-state index is -4.91. The molecule has 0 spiro atoms. The van der Waals surface area contributed by atoms with Gasteiger partial charge in [-0.2, -0.15) is 8.42 Å². The second kappa shape index (κ2) is 13.5. The highest BCUT2D eigenvalue weighted by atomic mass is 32.2. The minimum Gasteiger partial charge on any atom is -0.480 e. The van der Waals surface area contributed by atoms with E-state index in [1.54, 1.807) is 0 Å². The first-order valence-electron chi connectivity index (χ1n) is 8.80. The van der Waals surface area contributed by atoms with E-state index >= 15 is 0 Å². The number of carboxylic acid groups (broad SMARTS) is 1. The molecule has 0 radical (unpaired) electrons. The Bertz CT molecular complexity index is 546. The number of unbranched alkanes of at least 4 members (excludes halogenated alkanes) is 7.